The minimum atomic E-state index is -0.836. The van der Waals surface area contributed by atoms with Crippen LogP contribution in [0.25, 0.3) is 0 Å². The van der Waals surface area contributed by atoms with Crippen LogP contribution in [0.1, 0.15) is 12.0 Å². The number of benzene rings is 1. The van der Waals surface area contributed by atoms with Gasteiger partial charge in [0.2, 0.25) is 0 Å². The summed E-state index contributed by atoms with van der Waals surface area (Å²) in [4.78, 5) is 9.52. The number of carbonyl (C=O) groups is 1. The van der Waals surface area contributed by atoms with E-state index >= 15 is 0 Å². The summed E-state index contributed by atoms with van der Waals surface area (Å²) in [6.45, 7) is 0.231. The van der Waals surface area contributed by atoms with Gasteiger partial charge in [0.05, 0.1) is 18.1 Å². The molecular formula is C10H12N2O2. The molecule has 0 aliphatic rings. The Labute approximate surface area is 82.6 Å². The molecule has 0 saturated heterocycles. The summed E-state index contributed by atoms with van der Waals surface area (Å²) in [5.74, 6) is -0.836. The number of hydrogen-bond acceptors (Lipinski definition) is 3. The molecule has 0 aromatic heterocycles. The number of rotatable bonds is 2. The molecule has 0 atom stereocenters. The highest BCUT2D eigenvalue weighted by molar-refractivity contribution is 5.66. The minimum Gasteiger partial charge on any atom is -0.481 e. The molecule has 0 aliphatic heterocycles. The molecule has 1 aromatic rings. The van der Waals surface area contributed by atoms with Crippen molar-refractivity contribution in [1.82, 2.24) is 0 Å². The van der Waals surface area contributed by atoms with E-state index in [2.05, 4.69) is 0 Å². The molecule has 0 radical (unpaired) electrons. The average Bonchev–Trinajstić information content (AvgIpc) is 2.20. The van der Waals surface area contributed by atoms with Crippen molar-refractivity contribution in [3.63, 3.8) is 0 Å². The van der Waals surface area contributed by atoms with Crippen LogP contribution in [0.2, 0.25) is 0 Å². The molecule has 1 aromatic carbocycles. The molecule has 0 amide bonds. The van der Waals surface area contributed by atoms with Crippen LogP contribution in [0.4, 0.5) is 0 Å². The van der Waals surface area contributed by atoms with E-state index in [1.54, 1.807) is 12.1 Å². The third-order valence-electron chi connectivity index (χ3n) is 1.26. The zero-order valence-corrected chi connectivity index (χ0v) is 7.68. The van der Waals surface area contributed by atoms with E-state index in [9.17, 15) is 4.79 Å². The molecular weight excluding hydrogens is 180 g/mol. The van der Waals surface area contributed by atoms with Crippen molar-refractivity contribution in [2.75, 3.05) is 6.54 Å². The Hall–Kier alpha value is -1.86. The SMILES string of the molecule is N#Cc1ccccc1.NCCC(=O)O. The van der Waals surface area contributed by atoms with Crippen molar-refractivity contribution < 1.29 is 9.90 Å². The topological polar surface area (TPSA) is 87.1 Å². The van der Waals surface area contributed by atoms with Gasteiger partial charge < -0.3 is 10.8 Å². The maximum atomic E-state index is 9.52. The second kappa shape index (κ2) is 7.77. The second-order valence-electron chi connectivity index (χ2n) is 2.41. The standard InChI is InChI=1S/C7H5N.C3H7NO2/c8-6-7-4-2-1-3-5-7;4-2-1-3(5)6/h1-5H;1-2,4H2,(H,5,6). The van der Waals surface area contributed by atoms with E-state index in [-0.39, 0.29) is 13.0 Å². The van der Waals surface area contributed by atoms with E-state index in [4.69, 9.17) is 16.1 Å². The van der Waals surface area contributed by atoms with Gasteiger partial charge in [-0.25, -0.2) is 0 Å². The lowest BCUT2D eigenvalue weighted by molar-refractivity contribution is -0.136. The Bertz CT molecular complexity index is 304. The number of nitriles is 1. The second-order valence-corrected chi connectivity index (χ2v) is 2.41. The van der Waals surface area contributed by atoms with Gasteiger partial charge in [-0.15, -0.1) is 0 Å². The van der Waals surface area contributed by atoms with Crippen LogP contribution < -0.4 is 5.73 Å². The average molecular weight is 192 g/mol. The molecule has 4 nitrogen and oxygen atoms in total. The van der Waals surface area contributed by atoms with Crippen molar-refractivity contribution in [1.29, 1.82) is 5.26 Å². The number of aliphatic carboxylic acids is 1. The molecule has 4 heteroatoms. The lowest BCUT2D eigenvalue weighted by atomic mass is 10.2. The van der Waals surface area contributed by atoms with Gasteiger partial charge in [0.15, 0.2) is 0 Å². The van der Waals surface area contributed by atoms with Gasteiger partial charge in [-0.1, -0.05) is 18.2 Å². The number of nitrogens with zero attached hydrogens (tertiary/aromatic N) is 1. The van der Waals surface area contributed by atoms with Crippen LogP contribution in [0.3, 0.4) is 0 Å². The lowest BCUT2D eigenvalue weighted by Crippen LogP contribution is -2.05. The molecule has 0 saturated carbocycles. The fraction of sp³-hybridized carbons (Fsp3) is 0.200. The van der Waals surface area contributed by atoms with Gasteiger partial charge in [-0.05, 0) is 12.1 Å². The molecule has 0 aliphatic carbocycles. The number of nitrogens with two attached hydrogens (primary N) is 1. The fourth-order valence-corrected chi connectivity index (χ4v) is 0.636. The van der Waals surface area contributed by atoms with Gasteiger partial charge in [0.25, 0.3) is 0 Å². The molecule has 0 bridgehead atoms. The molecule has 14 heavy (non-hydrogen) atoms. The highest BCUT2D eigenvalue weighted by Crippen LogP contribution is 1.93. The first-order chi connectivity index (χ1) is 6.70. The number of carboxylic acids is 1. The van der Waals surface area contributed by atoms with Gasteiger partial charge >= 0.3 is 5.97 Å². The fourth-order valence-electron chi connectivity index (χ4n) is 0.636. The Morgan fingerprint density at radius 3 is 2.21 bits per heavy atom. The largest absolute Gasteiger partial charge is 0.481 e. The first-order valence-corrected chi connectivity index (χ1v) is 4.07. The molecule has 0 fully saturated rings. The highest BCUT2D eigenvalue weighted by Gasteiger charge is 1.87. The van der Waals surface area contributed by atoms with E-state index in [1.807, 2.05) is 24.3 Å². The Balaban J connectivity index is 0.000000255. The number of carboxylic acid groups (broad SMARTS) is 1. The first kappa shape index (κ1) is 12.1. The molecule has 0 spiro atoms. The van der Waals surface area contributed by atoms with Crippen molar-refractivity contribution in [3.05, 3.63) is 35.9 Å². The van der Waals surface area contributed by atoms with Crippen molar-refractivity contribution in [2.45, 2.75) is 6.42 Å². The van der Waals surface area contributed by atoms with E-state index < -0.39 is 5.97 Å². The summed E-state index contributed by atoms with van der Waals surface area (Å²) < 4.78 is 0. The van der Waals surface area contributed by atoms with Gasteiger partial charge in [-0.2, -0.15) is 5.26 Å². The monoisotopic (exact) mass is 192 g/mol. The quantitative estimate of drug-likeness (QED) is 0.731. The normalized spacial score (nSPS) is 8.00. The van der Waals surface area contributed by atoms with E-state index in [1.165, 1.54) is 0 Å². The van der Waals surface area contributed by atoms with Gasteiger partial charge in [-0.3, -0.25) is 4.79 Å². The lowest BCUT2D eigenvalue weighted by Gasteiger charge is -1.80. The molecule has 74 valence electrons. The Morgan fingerprint density at radius 2 is 2.00 bits per heavy atom. The summed E-state index contributed by atoms with van der Waals surface area (Å²) in [5, 5.41) is 16.1. The van der Waals surface area contributed by atoms with Crippen LogP contribution in [0.5, 0.6) is 0 Å². The predicted octanol–water partition coefficient (Wildman–Crippen LogP) is 0.978. The third kappa shape index (κ3) is 6.83. The van der Waals surface area contributed by atoms with Crippen molar-refractivity contribution in [3.8, 4) is 6.07 Å². The first-order valence-electron chi connectivity index (χ1n) is 4.07. The van der Waals surface area contributed by atoms with Crippen molar-refractivity contribution in [2.24, 2.45) is 5.73 Å². The van der Waals surface area contributed by atoms with Crippen LogP contribution >= 0.6 is 0 Å². The Morgan fingerprint density at radius 1 is 1.43 bits per heavy atom. The summed E-state index contributed by atoms with van der Waals surface area (Å²) >= 11 is 0. The summed E-state index contributed by atoms with van der Waals surface area (Å²) in [6, 6.07) is 11.2. The maximum Gasteiger partial charge on any atom is 0.304 e. The molecule has 3 N–H and O–H groups in total. The van der Waals surface area contributed by atoms with Crippen molar-refractivity contribution >= 4 is 5.97 Å². The zero-order valence-electron chi connectivity index (χ0n) is 7.68. The summed E-state index contributed by atoms with van der Waals surface area (Å²) in [5.41, 5.74) is 5.56. The smallest absolute Gasteiger partial charge is 0.304 e. The predicted molar refractivity (Wildman–Crippen MR) is 52.5 cm³/mol. The maximum absolute atomic E-state index is 9.52. The molecule has 0 unspecified atom stereocenters. The highest BCUT2D eigenvalue weighted by atomic mass is 16.4. The zero-order chi connectivity index (χ0) is 10.8. The van der Waals surface area contributed by atoms with E-state index in [0.29, 0.717) is 5.56 Å². The summed E-state index contributed by atoms with van der Waals surface area (Å²) in [7, 11) is 0. The summed E-state index contributed by atoms with van der Waals surface area (Å²) in [6.07, 6.45) is 0.0694. The van der Waals surface area contributed by atoms with Crippen LogP contribution in [0, 0.1) is 11.3 Å². The third-order valence-corrected chi connectivity index (χ3v) is 1.26. The van der Waals surface area contributed by atoms with Crippen LogP contribution in [-0.4, -0.2) is 17.6 Å². The van der Waals surface area contributed by atoms with Crippen LogP contribution in [0.15, 0.2) is 30.3 Å². The molecule has 0 heterocycles. The molecule has 1 rings (SSSR count). The van der Waals surface area contributed by atoms with E-state index in [0.717, 1.165) is 0 Å². The Kier molecular flexibility index (Phi) is 6.74. The number of hydrogen-bond donors (Lipinski definition) is 2. The van der Waals surface area contributed by atoms with Gasteiger partial charge in [0.1, 0.15) is 0 Å². The van der Waals surface area contributed by atoms with Crippen LogP contribution in [-0.2, 0) is 4.79 Å². The minimum absolute atomic E-state index is 0.0694. The van der Waals surface area contributed by atoms with Gasteiger partial charge in [0, 0.05) is 6.54 Å².